The fraction of sp³-hybridized carbons (Fsp3) is 0.333. The lowest BCUT2D eigenvalue weighted by molar-refractivity contribution is -0.268. The number of hydrogen-bond donors (Lipinski definition) is 9. The summed E-state index contributed by atoms with van der Waals surface area (Å²) in [5.41, 5.74) is 17.9. The van der Waals surface area contributed by atoms with Crippen LogP contribution in [0.1, 0.15) is 114 Å². The van der Waals surface area contributed by atoms with E-state index in [2.05, 4.69) is 0 Å². The summed E-state index contributed by atoms with van der Waals surface area (Å²) < 4.78 is 17.3. The standard InChI is InChI=1S/C45H49N3O13/c1-21-38(53)42(57)43(58)45(59-21)61-34-18-31-37(39(54)30(34)16-25-8-4-10-28(44(47)48)32(25)20-50)41(56)35-26(19-49)17-33(60-22(2)51)29(36(35)40(31)55)12-11-23-6-3-7-24(14-23)15-27(52)9-5-13-46/h3-4,6-8,10-12,14,17-18,20-21,27,38,42-45,49,52-54,57-58H,5,9,13,15-16,19,46-48H2,1-2H3/t21-,27-,38-,42-,43-,45-/m1/s1. The molecule has 1 heterocycles. The summed E-state index contributed by atoms with van der Waals surface area (Å²) in [6.45, 7) is 2.23. The Hall–Kier alpha value is -5.66. The van der Waals surface area contributed by atoms with Crippen molar-refractivity contribution >= 4 is 36.0 Å². The number of aldehydes is 1. The van der Waals surface area contributed by atoms with Gasteiger partial charge in [-0.1, -0.05) is 48.5 Å². The number of ether oxygens (including phenoxy) is 3. The maximum atomic E-state index is 14.9. The van der Waals surface area contributed by atoms with E-state index in [1.165, 1.54) is 19.1 Å². The van der Waals surface area contributed by atoms with Gasteiger partial charge < -0.3 is 62.1 Å². The van der Waals surface area contributed by atoms with Crippen LogP contribution in [-0.4, -0.2) is 97.8 Å². The Kier molecular flexibility index (Phi) is 13.9. The molecule has 1 aliphatic carbocycles. The number of aromatic hydroxyl groups is 1. The number of phenols is 1. The Morgan fingerprint density at radius 1 is 0.902 bits per heavy atom. The van der Waals surface area contributed by atoms with E-state index in [9.17, 15) is 49.8 Å². The van der Waals surface area contributed by atoms with Crippen molar-refractivity contribution in [1.29, 1.82) is 0 Å². The summed E-state index contributed by atoms with van der Waals surface area (Å²) in [5, 5.41) is 65.0. The molecule has 6 atom stereocenters. The zero-order valence-electron chi connectivity index (χ0n) is 33.5. The van der Waals surface area contributed by atoms with Gasteiger partial charge in [-0.15, -0.1) is 0 Å². The monoisotopic (exact) mass is 839 g/mol. The SMILES string of the molecule is CC(=O)Oc1cc(CO)c2c(c1C=Cc1cccc(C[C@H](O)CCCN)c1)C(=O)c1cc(O[C@H]3O[C@H](C)[C@@H](O)[C@@H](O)[C@H]3O)c(Cc3cccc(C(N)N)c3C=O)c(O)c1C2=O. The molecule has 322 valence electrons. The van der Waals surface area contributed by atoms with E-state index in [4.69, 9.17) is 31.4 Å². The third-order valence-corrected chi connectivity index (χ3v) is 10.9. The van der Waals surface area contributed by atoms with Gasteiger partial charge in [-0.05, 0) is 78.8 Å². The van der Waals surface area contributed by atoms with Gasteiger partial charge in [0.05, 0.1) is 30.5 Å². The highest BCUT2D eigenvalue weighted by atomic mass is 16.7. The normalized spacial score (nSPS) is 20.4. The van der Waals surface area contributed by atoms with Gasteiger partial charge in [-0.2, -0.15) is 0 Å². The molecule has 61 heavy (non-hydrogen) atoms. The first-order valence-corrected chi connectivity index (χ1v) is 19.7. The lowest BCUT2D eigenvalue weighted by Gasteiger charge is -2.39. The summed E-state index contributed by atoms with van der Waals surface area (Å²) in [6, 6.07) is 14.3. The van der Waals surface area contributed by atoms with Gasteiger partial charge in [0.25, 0.3) is 0 Å². The number of nitrogens with two attached hydrogens (primary N) is 3. The van der Waals surface area contributed by atoms with Crippen molar-refractivity contribution in [2.45, 2.75) is 89.1 Å². The molecule has 0 aromatic heterocycles. The van der Waals surface area contributed by atoms with Gasteiger partial charge in [0, 0.05) is 46.7 Å². The van der Waals surface area contributed by atoms with Crippen molar-refractivity contribution in [3.63, 3.8) is 0 Å². The molecular formula is C45H49N3O13. The van der Waals surface area contributed by atoms with Gasteiger partial charge in [0.15, 0.2) is 17.9 Å². The van der Waals surface area contributed by atoms with Crippen LogP contribution in [0.4, 0.5) is 0 Å². The number of hydrogen-bond acceptors (Lipinski definition) is 16. The van der Waals surface area contributed by atoms with Crippen molar-refractivity contribution in [1.82, 2.24) is 0 Å². The molecule has 0 bridgehead atoms. The minimum absolute atomic E-state index is 0.00616. The van der Waals surface area contributed by atoms with E-state index in [0.29, 0.717) is 37.7 Å². The molecule has 12 N–H and O–H groups in total. The highest BCUT2D eigenvalue weighted by molar-refractivity contribution is 6.31. The van der Waals surface area contributed by atoms with Crippen molar-refractivity contribution in [3.05, 3.63) is 121 Å². The molecule has 6 rings (SSSR count). The third-order valence-electron chi connectivity index (χ3n) is 10.9. The van der Waals surface area contributed by atoms with E-state index in [1.807, 2.05) is 12.1 Å². The summed E-state index contributed by atoms with van der Waals surface area (Å²) in [6.07, 6.45) is -4.65. The number of carbonyl (C=O) groups is 4. The highest BCUT2D eigenvalue weighted by Crippen LogP contribution is 2.45. The number of rotatable bonds is 15. The van der Waals surface area contributed by atoms with Crippen LogP contribution >= 0.6 is 0 Å². The Bertz CT molecular complexity index is 2380. The van der Waals surface area contributed by atoms with E-state index >= 15 is 0 Å². The minimum Gasteiger partial charge on any atom is -0.507 e. The van der Waals surface area contributed by atoms with Crippen molar-refractivity contribution in [2.75, 3.05) is 6.54 Å². The van der Waals surface area contributed by atoms with Crippen molar-refractivity contribution < 1.29 is 64.0 Å². The fourth-order valence-corrected chi connectivity index (χ4v) is 7.76. The zero-order valence-corrected chi connectivity index (χ0v) is 33.5. The average Bonchev–Trinajstić information content (AvgIpc) is 3.23. The van der Waals surface area contributed by atoms with Gasteiger partial charge in [0.2, 0.25) is 6.29 Å². The van der Waals surface area contributed by atoms with E-state index in [-0.39, 0.29) is 68.0 Å². The van der Waals surface area contributed by atoms with E-state index in [1.54, 1.807) is 36.4 Å². The first-order chi connectivity index (χ1) is 29.1. The third kappa shape index (κ3) is 9.18. The van der Waals surface area contributed by atoms with Crippen LogP contribution in [-0.2, 0) is 29.0 Å². The Balaban J connectivity index is 1.54. The van der Waals surface area contributed by atoms with Crippen LogP contribution < -0.4 is 26.7 Å². The smallest absolute Gasteiger partial charge is 0.308 e. The molecule has 0 radical (unpaired) electrons. The number of aliphatic hydroxyl groups excluding tert-OH is 5. The van der Waals surface area contributed by atoms with Crippen LogP contribution in [0, 0.1) is 0 Å². The zero-order chi connectivity index (χ0) is 44.3. The molecule has 0 unspecified atom stereocenters. The molecule has 4 aromatic carbocycles. The molecule has 16 heteroatoms. The molecule has 4 aromatic rings. The minimum atomic E-state index is -1.83. The maximum Gasteiger partial charge on any atom is 0.308 e. The second kappa shape index (κ2) is 18.9. The van der Waals surface area contributed by atoms with Crippen molar-refractivity contribution in [2.24, 2.45) is 17.2 Å². The van der Waals surface area contributed by atoms with Gasteiger partial charge in [-0.25, -0.2) is 0 Å². The maximum absolute atomic E-state index is 14.9. The quantitative estimate of drug-likeness (QED) is 0.0239. The van der Waals surface area contributed by atoms with Crippen LogP contribution in [0.15, 0.2) is 54.6 Å². The molecule has 2 aliphatic rings. The lowest BCUT2D eigenvalue weighted by Crippen LogP contribution is -2.58. The first kappa shape index (κ1) is 44.9. The Morgan fingerprint density at radius 3 is 2.31 bits per heavy atom. The molecule has 1 fully saturated rings. The largest absolute Gasteiger partial charge is 0.507 e. The van der Waals surface area contributed by atoms with Crippen molar-refractivity contribution in [3.8, 4) is 17.2 Å². The highest BCUT2D eigenvalue weighted by Gasteiger charge is 2.45. The molecule has 1 aliphatic heterocycles. The molecule has 0 saturated carbocycles. The van der Waals surface area contributed by atoms with Gasteiger partial charge in [0.1, 0.15) is 35.6 Å². The second-order valence-corrected chi connectivity index (χ2v) is 15.1. The number of carbonyl (C=O) groups excluding carboxylic acids is 4. The van der Waals surface area contributed by atoms with Gasteiger partial charge >= 0.3 is 5.97 Å². The average molecular weight is 840 g/mol. The predicted molar refractivity (Wildman–Crippen MR) is 221 cm³/mol. The predicted octanol–water partition coefficient (Wildman–Crippen LogP) is 1.92. The number of phenolic OH excluding ortho intramolecular Hbond substituents is 1. The summed E-state index contributed by atoms with van der Waals surface area (Å²) in [7, 11) is 0. The number of fused-ring (bicyclic) bond motifs is 2. The second-order valence-electron chi connectivity index (χ2n) is 15.1. The molecular weight excluding hydrogens is 791 g/mol. The topological polar surface area (TPSA) is 295 Å². The summed E-state index contributed by atoms with van der Waals surface area (Å²) >= 11 is 0. The number of esters is 1. The Morgan fingerprint density at radius 2 is 1.64 bits per heavy atom. The van der Waals surface area contributed by atoms with Crippen LogP contribution in [0.3, 0.4) is 0 Å². The summed E-state index contributed by atoms with van der Waals surface area (Å²) in [5.74, 6) is -3.70. The molecule has 0 spiro atoms. The van der Waals surface area contributed by atoms with Crippen LogP contribution in [0.5, 0.6) is 17.2 Å². The molecule has 16 nitrogen and oxygen atoms in total. The lowest BCUT2D eigenvalue weighted by atomic mass is 9.77. The summed E-state index contributed by atoms with van der Waals surface area (Å²) in [4.78, 5) is 54.4. The van der Waals surface area contributed by atoms with Crippen LogP contribution in [0.2, 0.25) is 0 Å². The molecule has 1 saturated heterocycles. The number of ketones is 2. The molecule has 0 amide bonds. The van der Waals surface area contributed by atoms with Crippen LogP contribution in [0.25, 0.3) is 12.2 Å². The number of benzene rings is 4. The van der Waals surface area contributed by atoms with E-state index < -0.39 is 78.4 Å². The Labute approximate surface area is 350 Å². The fourth-order valence-electron chi connectivity index (χ4n) is 7.76. The van der Waals surface area contributed by atoms with E-state index in [0.717, 1.165) is 18.6 Å². The first-order valence-electron chi connectivity index (χ1n) is 19.7. The number of aliphatic hydroxyl groups is 5. The van der Waals surface area contributed by atoms with Gasteiger partial charge in [-0.3, -0.25) is 19.2 Å².